The van der Waals surface area contributed by atoms with Crippen LogP contribution in [-0.2, 0) is 5.41 Å². The summed E-state index contributed by atoms with van der Waals surface area (Å²) in [5, 5.41) is 4.32. The van der Waals surface area contributed by atoms with E-state index in [-0.39, 0.29) is 5.41 Å². The molecule has 0 N–H and O–H groups in total. The maximum Gasteiger partial charge on any atom is 0.0717 e. The summed E-state index contributed by atoms with van der Waals surface area (Å²) in [7, 11) is 0. The van der Waals surface area contributed by atoms with Crippen LogP contribution in [-0.4, -0.2) is 9.78 Å². The molecule has 116 valence electrons. The van der Waals surface area contributed by atoms with E-state index in [1.807, 2.05) is 23.0 Å². The molecule has 0 spiro atoms. The monoisotopic (exact) mass is 302 g/mol. The second-order valence-corrected chi connectivity index (χ2v) is 6.71. The van der Waals surface area contributed by atoms with Crippen molar-refractivity contribution in [1.82, 2.24) is 9.78 Å². The molecule has 2 aromatic carbocycles. The standard InChI is InChI=1S/C21H22N2/c1-21(2,3)19-13-10-17(11-14-19)9-12-18-7-4-5-8-20(18)23-16-6-15-22-23/h4-16H,1-3H3/b12-9+. The molecule has 23 heavy (non-hydrogen) atoms. The number of nitrogens with zero attached hydrogens (tertiary/aromatic N) is 2. The Balaban J connectivity index is 1.87. The van der Waals surface area contributed by atoms with Crippen molar-refractivity contribution in [3.63, 3.8) is 0 Å². The molecule has 2 heteroatoms. The Kier molecular flexibility index (Phi) is 4.16. The first-order valence-electron chi connectivity index (χ1n) is 7.92. The largest absolute Gasteiger partial charge is 0.240 e. The van der Waals surface area contributed by atoms with Crippen molar-refractivity contribution in [3.05, 3.63) is 83.7 Å². The summed E-state index contributed by atoms with van der Waals surface area (Å²) in [6.45, 7) is 6.70. The highest BCUT2D eigenvalue weighted by Gasteiger charge is 2.12. The molecule has 0 fully saturated rings. The maximum absolute atomic E-state index is 4.32. The summed E-state index contributed by atoms with van der Waals surface area (Å²) in [4.78, 5) is 0. The molecule has 0 saturated heterocycles. The molecule has 1 heterocycles. The third-order valence-corrected chi connectivity index (χ3v) is 3.92. The van der Waals surface area contributed by atoms with Gasteiger partial charge in [0, 0.05) is 18.0 Å². The van der Waals surface area contributed by atoms with Gasteiger partial charge in [0.1, 0.15) is 0 Å². The molecule has 2 nitrogen and oxygen atoms in total. The third-order valence-electron chi connectivity index (χ3n) is 3.92. The smallest absolute Gasteiger partial charge is 0.0717 e. The molecule has 0 amide bonds. The lowest BCUT2D eigenvalue weighted by atomic mass is 9.87. The third kappa shape index (κ3) is 3.59. The quantitative estimate of drug-likeness (QED) is 0.597. The molecule has 3 aromatic rings. The molecular formula is C21H22N2. The summed E-state index contributed by atoms with van der Waals surface area (Å²) < 4.78 is 1.89. The lowest BCUT2D eigenvalue weighted by Crippen LogP contribution is -2.10. The van der Waals surface area contributed by atoms with Crippen LogP contribution in [0, 0.1) is 0 Å². The van der Waals surface area contributed by atoms with Gasteiger partial charge in [-0.2, -0.15) is 5.10 Å². The number of aromatic nitrogens is 2. The summed E-state index contributed by atoms with van der Waals surface area (Å²) in [6, 6.07) is 19.0. The first-order valence-corrected chi connectivity index (χ1v) is 7.92. The van der Waals surface area contributed by atoms with E-state index in [0.717, 1.165) is 11.3 Å². The summed E-state index contributed by atoms with van der Waals surface area (Å²) >= 11 is 0. The molecule has 1 aromatic heterocycles. The van der Waals surface area contributed by atoms with Gasteiger partial charge in [-0.3, -0.25) is 0 Å². The van der Waals surface area contributed by atoms with Crippen LogP contribution in [0.2, 0.25) is 0 Å². The first-order chi connectivity index (χ1) is 11.0. The van der Waals surface area contributed by atoms with Gasteiger partial charge in [0.25, 0.3) is 0 Å². The molecule has 3 rings (SSSR count). The SMILES string of the molecule is CC(C)(C)c1ccc(/C=C/c2ccccc2-n2cccn2)cc1. The van der Waals surface area contributed by atoms with Crippen molar-refractivity contribution in [2.24, 2.45) is 0 Å². The van der Waals surface area contributed by atoms with Crippen LogP contribution in [0.15, 0.2) is 67.0 Å². The zero-order valence-corrected chi connectivity index (χ0v) is 13.9. The van der Waals surface area contributed by atoms with E-state index >= 15 is 0 Å². The average Bonchev–Trinajstić information content (AvgIpc) is 3.07. The molecule has 0 radical (unpaired) electrons. The van der Waals surface area contributed by atoms with Crippen LogP contribution in [0.1, 0.15) is 37.5 Å². The van der Waals surface area contributed by atoms with E-state index in [1.54, 1.807) is 6.20 Å². The zero-order valence-electron chi connectivity index (χ0n) is 13.9. The summed E-state index contributed by atoms with van der Waals surface area (Å²) in [6.07, 6.45) is 8.05. The minimum absolute atomic E-state index is 0.189. The van der Waals surface area contributed by atoms with E-state index < -0.39 is 0 Å². The highest BCUT2D eigenvalue weighted by Crippen LogP contribution is 2.23. The van der Waals surface area contributed by atoms with E-state index in [9.17, 15) is 0 Å². The second kappa shape index (κ2) is 6.25. The van der Waals surface area contributed by atoms with Crippen molar-refractivity contribution in [3.8, 4) is 5.69 Å². The Morgan fingerprint density at radius 2 is 1.61 bits per heavy atom. The van der Waals surface area contributed by atoms with Crippen LogP contribution >= 0.6 is 0 Å². The minimum atomic E-state index is 0.189. The van der Waals surface area contributed by atoms with Gasteiger partial charge in [0.05, 0.1) is 5.69 Å². The highest BCUT2D eigenvalue weighted by molar-refractivity contribution is 5.73. The molecule has 0 unspecified atom stereocenters. The van der Waals surface area contributed by atoms with Crippen LogP contribution in [0.5, 0.6) is 0 Å². The number of hydrogen-bond donors (Lipinski definition) is 0. The average molecular weight is 302 g/mol. The number of para-hydroxylation sites is 1. The summed E-state index contributed by atoms with van der Waals surface area (Å²) in [5.41, 5.74) is 4.98. The maximum atomic E-state index is 4.32. The Hall–Kier alpha value is -2.61. The highest BCUT2D eigenvalue weighted by atomic mass is 15.3. The predicted molar refractivity (Wildman–Crippen MR) is 97.6 cm³/mol. The van der Waals surface area contributed by atoms with Gasteiger partial charge < -0.3 is 0 Å². The van der Waals surface area contributed by atoms with Gasteiger partial charge in [-0.25, -0.2) is 4.68 Å². The Morgan fingerprint density at radius 1 is 0.870 bits per heavy atom. The van der Waals surface area contributed by atoms with Gasteiger partial charge in [-0.1, -0.05) is 75.4 Å². The zero-order chi connectivity index (χ0) is 16.3. The number of hydrogen-bond acceptors (Lipinski definition) is 1. The second-order valence-electron chi connectivity index (χ2n) is 6.71. The van der Waals surface area contributed by atoms with E-state index in [0.29, 0.717) is 0 Å². The normalized spacial score (nSPS) is 12.0. The van der Waals surface area contributed by atoms with Gasteiger partial charge in [0.15, 0.2) is 0 Å². The molecule has 0 aliphatic carbocycles. The van der Waals surface area contributed by atoms with Crippen molar-refractivity contribution in [2.45, 2.75) is 26.2 Å². The van der Waals surface area contributed by atoms with Crippen LogP contribution in [0.4, 0.5) is 0 Å². The van der Waals surface area contributed by atoms with E-state index in [2.05, 4.69) is 80.5 Å². The van der Waals surface area contributed by atoms with Gasteiger partial charge in [0.2, 0.25) is 0 Å². The fraction of sp³-hybridized carbons (Fsp3) is 0.190. The molecule has 0 aliphatic heterocycles. The molecule has 0 bridgehead atoms. The van der Waals surface area contributed by atoms with Gasteiger partial charge >= 0.3 is 0 Å². The lowest BCUT2D eigenvalue weighted by Gasteiger charge is -2.18. The Morgan fingerprint density at radius 3 is 2.26 bits per heavy atom. The Labute approximate surface area is 138 Å². The van der Waals surface area contributed by atoms with E-state index in [4.69, 9.17) is 0 Å². The molecule has 0 aliphatic rings. The van der Waals surface area contributed by atoms with Crippen molar-refractivity contribution in [1.29, 1.82) is 0 Å². The lowest BCUT2D eigenvalue weighted by molar-refractivity contribution is 0.590. The Bertz CT molecular complexity index is 789. The van der Waals surface area contributed by atoms with Crippen molar-refractivity contribution < 1.29 is 0 Å². The fourth-order valence-corrected chi connectivity index (χ4v) is 2.53. The number of rotatable bonds is 3. The minimum Gasteiger partial charge on any atom is -0.240 e. The van der Waals surface area contributed by atoms with Crippen LogP contribution in [0.25, 0.3) is 17.8 Å². The fourth-order valence-electron chi connectivity index (χ4n) is 2.53. The summed E-state index contributed by atoms with van der Waals surface area (Å²) in [5.74, 6) is 0. The molecule has 0 saturated carbocycles. The van der Waals surface area contributed by atoms with Crippen LogP contribution in [0.3, 0.4) is 0 Å². The van der Waals surface area contributed by atoms with Crippen molar-refractivity contribution in [2.75, 3.05) is 0 Å². The van der Waals surface area contributed by atoms with E-state index in [1.165, 1.54) is 11.1 Å². The molecule has 0 atom stereocenters. The molecular weight excluding hydrogens is 280 g/mol. The van der Waals surface area contributed by atoms with Gasteiger partial charge in [-0.05, 0) is 28.7 Å². The predicted octanol–water partition coefficient (Wildman–Crippen LogP) is 5.34. The number of benzene rings is 2. The van der Waals surface area contributed by atoms with Crippen molar-refractivity contribution >= 4 is 12.2 Å². The van der Waals surface area contributed by atoms with Crippen LogP contribution < -0.4 is 0 Å². The van der Waals surface area contributed by atoms with Gasteiger partial charge in [-0.15, -0.1) is 0 Å². The first kappa shape index (κ1) is 15.3. The topological polar surface area (TPSA) is 17.8 Å².